The van der Waals surface area contributed by atoms with E-state index in [0.29, 0.717) is 41.9 Å². The first-order chi connectivity index (χ1) is 42.3. The average molecular weight is 1110 g/mol. The Morgan fingerprint density at radius 2 is 1.12 bits per heavy atom. The monoisotopic (exact) mass is 1110 g/mol. The van der Waals surface area contributed by atoms with E-state index >= 15 is 0 Å². The molecule has 12 nitrogen and oxygen atoms in total. The van der Waals surface area contributed by atoms with Gasteiger partial charge in [0.2, 0.25) is 11.8 Å². The Hall–Kier alpha value is -11.2. The second-order valence-electron chi connectivity index (χ2n) is 22.2. The summed E-state index contributed by atoms with van der Waals surface area (Å²) in [4.78, 5) is 39.8. The number of rotatable bonds is 13. The third kappa shape index (κ3) is 9.11. The molecule has 8 aromatic heterocycles. The van der Waals surface area contributed by atoms with Gasteiger partial charge in [0, 0.05) is 85.3 Å². The van der Waals surface area contributed by atoms with Crippen molar-refractivity contribution in [2.75, 3.05) is 0 Å². The summed E-state index contributed by atoms with van der Waals surface area (Å²) in [7, 11) is 0. The van der Waals surface area contributed by atoms with Crippen LogP contribution in [-0.4, -0.2) is 57.0 Å². The summed E-state index contributed by atoms with van der Waals surface area (Å²) in [6.07, 6.45) is 16.5. The van der Waals surface area contributed by atoms with Gasteiger partial charge in [-0.1, -0.05) is 116 Å². The van der Waals surface area contributed by atoms with Gasteiger partial charge in [-0.15, -0.1) is 0 Å². The Kier molecular flexibility index (Phi) is 12.1. The van der Waals surface area contributed by atoms with Crippen LogP contribution in [0.25, 0.3) is 123 Å². The van der Waals surface area contributed by atoms with E-state index < -0.39 is 0 Å². The molecule has 2 atom stereocenters. The topological polar surface area (TPSA) is 138 Å². The van der Waals surface area contributed by atoms with Crippen LogP contribution in [0.15, 0.2) is 251 Å². The maximum Gasteiger partial charge on any atom is 0.228 e. The van der Waals surface area contributed by atoms with Crippen molar-refractivity contribution in [3.05, 3.63) is 266 Å². The van der Waals surface area contributed by atoms with Crippen molar-refractivity contribution in [2.24, 2.45) is 15.9 Å². The number of hydrogen-bond donors (Lipinski definition) is 0. The highest BCUT2D eigenvalue weighted by Gasteiger charge is 2.40. The molecule has 0 radical (unpaired) electrons. The predicted molar refractivity (Wildman–Crippen MR) is 345 cm³/mol. The maximum atomic E-state index is 6.32. The zero-order valence-corrected chi connectivity index (χ0v) is 47.0. The van der Waals surface area contributed by atoms with Gasteiger partial charge in [-0.3, -0.25) is 34.1 Å². The van der Waals surface area contributed by atoms with Crippen molar-refractivity contribution >= 4 is 77.5 Å². The lowest BCUT2D eigenvalue weighted by molar-refractivity contribution is 0.573. The zero-order valence-electron chi connectivity index (χ0n) is 47.0. The third-order valence-electron chi connectivity index (χ3n) is 16.4. The van der Waals surface area contributed by atoms with E-state index in [4.69, 9.17) is 43.7 Å². The fraction of sp³-hybridized carbons (Fsp3) is 0.0811. The lowest BCUT2D eigenvalue weighted by atomic mass is 9.95. The van der Waals surface area contributed by atoms with E-state index in [2.05, 4.69) is 148 Å². The molecule has 0 N–H and O–H groups in total. The van der Waals surface area contributed by atoms with Crippen molar-refractivity contribution in [3.8, 4) is 57.1 Å². The number of benzene rings is 6. The summed E-state index contributed by atoms with van der Waals surface area (Å²) < 4.78 is 16.9. The minimum atomic E-state index is 0.337. The van der Waals surface area contributed by atoms with E-state index in [-0.39, 0.29) is 0 Å². The molecule has 9 heterocycles. The molecular weight excluding hydrogens is 1060 g/mol. The van der Waals surface area contributed by atoms with Crippen LogP contribution in [0.1, 0.15) is 40.3 Å². The zero-order chi connectivity index (χ0) is 57.4. The van der Waals surface area contributed by atoms with Gasteiger partial charge in [-0.05, 0) is 139 Å². The molecule has 1 aliphatic carbocycles. The van der Waals surface area contributed by atoms with Crippen molar-refractivity contribution in [3.63, 3.8) is 0 Å². The van der Waals surface area contributed by atoms with Crippen LogP contribution in [0, 0.1) is 19.8 Å². The largest absolute Gasteiger partial charge is 0.442 e. The van der Waals surface area contributed by atoms with E-state index in [1.54, 1.807) is 18.7 Å². The minimum Gasteiger partial charge on any atom is -0.442 e. The van der Waals surface area contributed by atoms with Crippen molar-refractivity contribution in [1.82, 2.24) is 39.0 Å². The first-order valence-corrected chi connectivity index (χ1v) is 28.8. The highest BCUT2D eigenvalue weighted by molar-refractivity contribution is 6.32. The molecule has 0 spiro atoms. The molecule has 12 heteroatoms. The van der Waals surface area contributed by atoms with Gasteiger partial charge in [0.15, 0.2) is 11.6 Å². The first kappa shape index (κ1) is 50.5. The molecule has 0 amide bonds. The number of oxazole rings is 2. The molecule has 0 bridgehead atoms. The second kappa shape index (κ2) is 20.6. The molecule has 86 heavy (non-hydrogen) atoms. The van der Waals surface area contributed by atoms with Crippen LogP contribution in [0.2, 0.25) is 0 Å². The summed E-state index contributed by atoms with van der Waals surface area (Å²) >= 11 is 0. The van der Waals surface area contributed by atoms with Crippen LogP contribution in [0.4, 0.5) is 0 Å². The van der Waals surface area contributed by atoms with E-state index in [9.17, 15) is 0 Å². The Labute approximate surface area is 494 Å². The Morgan fingerprint density at radius 1 is 0.547 bits per heavy atom. The number of hydrogen-bond acceptors (Lipinski definition) is 10. The van der Waals surface area contributed by atoms with E-state index in [1.807, 2.05) is 99.1 Å². The first-order valence-electron chi connectivity index (χ1n) is 28.8. The van der Waals surface area contributed by atoms with Crippen molar-refractivity contribution in [2.45, 2.75) is 32.9 Å². The number of dihydropyridines is 1. The molecule has 1 saturated carbocycles. The normalized spacial score (nSPS) is 15.0. The number of pyridine rings is 4. The smallest absolute Gasteiger partial charge is 0.228 e. The quantitative estimate of drug-likeness (QED) is 0.0822. The average Bonchev–Trinajstić information content (AvgIpc) is 1.78. The van der Waals surface area contributed by atoms with Crippen molar-refractivity contribution in [1.29, 1.82) is 0 Å². The van der Waals surface area contributed by atoms with Gasteiger partial charge in [-0.2, -0.15) is 9.97 Å². The summed E-state index contributed by atoms with van der Waals surface area (Å²) in [5, 5.41) is 6.14. The standard InChI is InChI=1S/C74H52N10O2/c1-44(47-14-6-4-7-15-47)13-12-30-75-39-56-18-10-19-62(78-56)51-26-28-66-58(35-51)60-40-76-45(2)31-68(60)83(66)70-42-85-73(81-70)53-24-22-50-34-54(25-23-49(50)33-53)74-82-71(43-86-74)84-67-29-27-52(36-59(67)61-41-77-46(3)32-69(61)84)63-20-11-21-64(79-63)72-57(37-55-38-65(55)80-72)48-16-8-5-9-17-48/h4-37,40-43,55,65H,1,38-39H2,2-3H3/b13-12-,75-30?. The third-order valence-corrected chi connectivity index (χ3v) is 16.4. The van der Waals surface area contributed by atoms with Gasteiger partial charge in [0.1, 0.15) is 12.5 Å². The van der Waals surface area contributed by atoms with Gasteiger partial charge in [0.25, 0.3) is 0 Å². The van der Waals surface area contributed by atoms with E-state index in [0.717, 1.165) is 140 Å². The molecule has 6 aromatic carbocycles. The van der Waals surface area contributed by atoms with Crippen LogP contribution < -0.4 is 0 Å². The SMILES string of the molecule is C=C(/C=C\C=NCc1cccc(-c2ccc3c(c2)c2cnc(C)cc2n3-c2coc(-c3ccc4cc(-c5nc(-n6c7ccc(-c8cccc(C9=NC%10CC%10C=C9c9ccccc9)n8)cc7c7cnc(C)cc76)co5)ccc4c3)n2)n1)c1ccccc1. The second-order valence-corrected chi connectivity index (χ2v) is 22.2. The van der Waals surface area contributed by atoms with Crippen LogP contribution in [-0.2, 0) is 6.54 Å². The molecule has 1 fully saturated rings. The van der Waals surface area contributed by atoms with Gasteiger partial charge in [-0.25, -0.2) is 4.98 Å². The van der Waals surface area contributed by atoms with Crippen LogP contribution in [0.5, 0.6) is 0 Å². The summed E-state index contributed by atoms with van der Waals surface area (Å²) in [6, 6.07) is 62.9. The molecule has 410 valence electrons. The van der Waals surface area contributed by atoms with E-state index in [1.165, 1.54) is 5.56 Å². The van der Waals surface area contributed by atoms with Crippen molar-refractivity contribution < 1.29 is 8.83 Å². The Morgan fingerprint density at radius 3 is 1.74 bits per heavy atom. The summed E-state index contributed by atoms with van der Waals surface area (Å²) in [5.74, 6) is 2.87. The van der Waals surface area contributed by atoms with Gasteiger partial charge < -0.3 is 8.83 Å². The minimum absolute atomic E-state index is 0.337. The lowest BCUT2D eigenvalue weighted by Gasteiger charge is -2.16. The predicted octanol–water partition coefficient (Wildman–Crippen LogP) is 17.0. The molecule has 1 aliphatic heterocycles. The molecule has 14 aromatic rings. The summed E-state index contributed by atoms with van der Waals surface area (Å²) in [5.41, 5.74) is 18.2. The number of aryl methyl sites for hydroxylation is 2. The maximum absolute atomic E-state index is 6.32. The summed E-state index contributed by atoms with van der Waals surface area (Å²) in [6.45, 7) is 8.64. The molecule has 2 unspecified atom stereocenters. The number of aromatic nitrogens is 8. The fourth-order valence-electron chi connectivity index (χ4n) is 12.0. The highest BCUT2D eigenvalue weighted by atomic mass is 16.3. The van der Waals surface area contributed by atoms with Gasteiger partial charge >= 0.3 is 0 Å². The Bertz CT molecular complexity index is 5190. The van der Waals surface area contributed by atoms with Crippen LogP contribution >= 0.6 is 0 Å². The number of aliphatic imine (C=N–C) groups is 2. The number of fused-ring (bicyclic) bond motifs is 8. The molecule has 2 aliphatic rings. The Balaban J connectivity index is 0.659. The molecule has 0 saturated heterocycles. The highest BCUT2D eigenvalue weighted by Crippen LogP contribution is 2.44. The molecule has 16 rings (SSSR count). The van der Waals surface area contributed by atoms with Crippen LogP contribution in [0.3, 0.4) is 0 Å². The fourth-order valence-corrected chi connectivity index (χ4v) is 12.0. The number of allylic oxidation sites excluding steroid dienone is 4. The lowest BCUT2D eigenvalue weighted by Crippen LogP contribution is -2.12. The molecular formula is C74H52N10O2. The van der Waals surface area contributed by atoms with Gasteiger partial charge in [0.05, 0.1) is 63.1 Å². The number of nitrogens with zero attached hydrogens (tertiary/aromatic N) is 10.